The van der Waals surface area contributed by atoms with Gasteiger partial charge in [-0.05, 0) is 37.5 Å². The first-order valence-corrected chi connectivity index (χ1v) is 5.27. The summed E-state index contributed by atoms with van der Waals surface area (Å²) in [4.78, 5) is 10.8. The van der Waals surface area contributed by atoms with Crippen LogP contribution in [-0.2, 0) is 0 Å². The molecule has 0 fully saturated rings. The van der Waals surface area contributed by atoms with Crippen LogP contribution >= 0.6 is 0 Å². The zero-order chi connectivity index (χ0) is 10.5. The average molecular weight is 202 g/mol. The number of rotatable bonds is 3. The monoisotopic (exact) mass is 202 g/mol. The molecule has 1 unspecified atom stereocenters. The van der Waals surface area contributed by atoms with Gasteiger partial charge in [0.2, 0.25) is 0 Å². The van der Waals surface area contributed by atoms with Crippen molar-refractivity contribution in [1.82, 2.24) is 0 Å². The lowest BCUT2D eigenvalue weighted by molar-refractivity contribution is 0.111. The standard InChI is InChI=1S/C13H14O2/c14-10-11-6-4-5-9-13(11)15-12-7-2-1-3-8-12/h2,4-7,9-10,12H,1,3,8H2. The smallest absolute Gasteiger partial charge is 0.153 e. The molecule has 1 aliphatic rings. The van der Waals surface area contributed by atoms with Crippen LogP contribution in [0.25, 0.3) is 0 Å². The maximum Gasteiger partial charge on any atom is 0.153 e. The Morgan fingerprint density at radius 3 is 2.93 bits per heavy atom. The van der Waals surface area contributed by atoms with E-state index in [1.54, 1.807) is 6.07 Å². The number of para-hydroxylation sites is 1. The van der Waals surface area contributed by atoms with Gasteiger partial charge < -0.3 is 4.74 Å². The Morgan fingerprint density at radius 2 is 2.20 bits per heavy atom. The van der Waals surface area contributed by atoms with Crippen molar-refractivity contribution in [3.8, 4) is 5.75 Å². The molecule has 1 atom stereocenters. The van der Waals surface area contributed by atoms with Crippen molar-refractivity contribution in [2.75, 3.05) is 0 Å². The van der Waals surface area contributed by atoms with E-state index in [-0.39, 0.29) is 6.10 Å². The zero-order valence-corrected chi connectivity index (χ0v) is 8.56. The third-order valence-electron chi connectivity index (χ3n) is 2.53. The normalized spacial score (nSPS) is 19.9. The molecule has 2 heteroatoms. The summed E-state index contributed by atoms with van der Waals surface area (Å²) in [6.45, 7) is 0. The number of benzene rings is 1. The SMILES string of the molecule is O=Cc1ccccc1OC1C=CCCC1. The molecule has 1 aromatic carbocycles. The van der Waals surface area contributed by atoms with Crippen molar-refractivity contribution in [2.24, 2.45) is 0 Å². The lowest BCUT2D eigenvalue weighted by Crippen LogP contribution is -2.16. The highest BCUT2D eigenvalue weighted by Crippen LogP contribution is 2.21. The molecule has 1 aromatic rings. The maximum atomic E-state index is 10.8. The van der Waals surface area contributed by atoms with Crippen LogP contribution in [0.5, 0.6) is 5.75 Å². The molecule has 2 nitrogen and oxygen atoms in total. The summed E-state index contributed by atoms with van der Waals surface area (Å²) in [5.41, 5.74) is 0.622. The van der Waals surface area contributed by atoms with Crippen LogP contribution in [0.4, 0.5) is 0 Å². The summed E-state index contributed by atoms with van der Waals surface area (Å²) >= 11 is 0. The zero-order valence-electron chi connectivity index (χ0n) is 8.56. The Hall–Kier alpha value is -1.57. The highest BCUT2D eigenvalue weighted by molar-refractivity contribution is 5.79. The highest BCUT2D eigenvalue weighted by atomic mass is 16.5. The van der Waals surface area contributed by atoms with E-state index in [1.165, 1.54) is 0 Å². The van der Waals surface area contributed by atoms with Gasteiger partial charge in [0.25, 0.3) is 0 Å². The first-order chi connectivity index (χ1) is 7.40. The Balaban J connectivity index is 2.12. The molecular formula is C13H14O2. The number of carbonyl (C=O) groups is 1. The summed E-state index contributed by atoms with van der Waals surface area (Å²) in [7, 11) is 0. The van der Waals surface area contributed by atoms with E-state index in [0.29, 0.717) is 11.3 Å². The molecule has 1 aliphatic carbocycles. The molecule has 0 N–H and O–H groups in total. The molecule has 0 amide bonds. The number of allylic oxidation sites excluding steroid dienone is 1. The molecule has 0 saturated carbocycles. The summed E-state index contributed by atoms with van der Waals surface area (Å²) in [5, 5.41) is 0. The molecule has 0 aliphatic heterocycles. The average Bonchev–Trinajstić information content (AvgIpc) is 2.31. The van der Waals surface area contributed by atoms with Crippen LogP contribution in [0.3, 0.4) is 0 Å². The number of hydrogen-bond acceptors (Lipinski definition) is 2. The van der Waals surface area contributed by atoms with Gasteiger partial charge in [-0.2, -0.15) is 0 Å². The second-order valence-corrected chi connectivity index (χ2v) is 3.67. The van der Waals surface area contributed by atoms with E-state index in [4.69, 9.17) is 4.74 Å². The predicted octanol–water partition coefficient (Wildman–Crippen LogP) is 2.99. The van der Waals surface area contributed by atoms with Gasteiger partial charge in [-0.25, -0.2) is 0 Å². The number of carbonyl (C=O) groups excluding carboxylic acids is 1. The second-order valence-electron chi connectivity index (χ2n) is 3.67. The van der Waals surface area contributed by atoms with Crippen LogP contribution in [-0.4, -0.2) is 12.4 Å². The van der Waals surface area contributed by atoms with Crippen LogP contribution in [0, 0.1) is 0 Å². The van der Waals surface area contributed by atoms with Gasteiger partial charge in [0.15, 0.2) is 6.29 Å². The van der Waals surface area contributed by atoms with Crippen molar-refractivity contribution in [1.29, 1.82) is 0 Å². The van der Waals surface area contributed by atoms with Gasteiger partial charge in [-0.3, -0.25) is 4.79 Å². The maximum absolute atomic E-state index is 10.8. The van der Waals surface area contributed by atoms with E-state index >= 15 is 0 Å². The van der Waals surface area contributed by atoms with Gasteiger partial charge >= 0.3 is 0 Å². The molecule has 0 spiro atoms. The lowest BCUT2D eigenvalue weighted by atomic mass is 10.1. The van der Waals surface area contributed by atoms with E-state index in [9.17, 15) is 4.79 Å². The molecule has 0 bridgehead atoms. The predicted molar refractivity (Wildman–Crippen MR) is 59.2 cm³/mol. The molecule has 0 saturated heterocycles. The molecular weight excluding hydrogens is 188 g/mol. The van der Waals surface area contributed by atoms with E-state index in [1.807, 2.05) is 18.2 Å². The molecule has 0 heterocycles. The summed E-state index contributed by atoms with van der Waals surface area (Å²) in [6.07, 6.45) is 8.49. The first kappa shape index (κ1) is 9.97. The van der Waals surface area contributed by atoms with Gasteiger partial charge in [0.1, 0.15) is 11.9 Å². The van der Waals surface area contributed by atoms with Gasteiger partial charge in [-0.15, -0.1) is 0 Å². The Bertz CT molecular complexity index is 369. The van der Waals surface area contributed by atoms with Crippen LogP contribution in [0.1, 0.15) is 29.6 Å². The molecule has 0 aromatic heterocycles. The molecule has 78 valence electrons. The summed E-state index contributed by atoms with van der Waals surface area (Å²) in [5.74, 6) is 0.684. The van der Waals surface area contributed by atoms with Crippen LogP contribution in [0.15, 0.2) is 36.4 Å². The summed E-state index contributed by atoms with van der Waals surface area (Å²) in [6, 6.07) is 7.34. The third-order valence-corrected chi connectivity index (χ3v) is 2.53. The highest BCUT2D eigenvalue weighted by Gasteiger charge is 2.11. The quantitative estimate of drug-likeness (QED) is 0.556. The number of hydrogen-bond donors (Lipinski definition) is 0. The Morgan fingerprint density at radius 1 is 1.33 bits per heavy atom. The van der Waals surface area contributed by atoms with Gasteiger partial charge in [0, 0.05) is 0 Å². The Kier molecular flexibility index (Phi) is 3.18. The van der Waals surface area contributed by atoms with Crippen molar-refractivity contribution < 1.29 is 9.53 Å². The minimum Gasteiger partial charge on any atom is -0.486 e. The second kappa shape index (κ2) is 4.78. The molecule has 2 rings (SSSR count). The van der Waals surface area contributed by atoms with Crippen LogP contribution in [0.2, 0.25) is 0 Å². The topological polar surface area (TPSA) is 26.3 Å². The van der Waals surface area contributed by atoms with E-state index in [2.05, 4.69) is 12.2 Å². The Labute approximate surface area is 89.6 Å². The van der Waals surface area contributed by atoms with Crippen molar-refractivity contribution in [3.05, 3.63) is 42.0 Å². The van der Waals surface area contributed by atoms with Crippen molar-refractivity contribution in [2.45, 2.75) is 25.4 Å². The van der Waals surface area contributed by atoms with Crippen molar-refractivity contribution >= 4 is 6.29 Å². The van der Waals surface area contributed by atoms with Gasteiger partial charge in [-0.1, -0.05) is 18.2 Å². The fourth-order valence-corrected chi connectivity index (χ4v) is 1.73. The van der Waals surface area contributed by atoms with Crippen molar-refractivity contribution in [3.63, 3.8) is 0 Å². The fourth-order valence-electron chi connectivity index (χ4n) is 1.73. The summed E-state index contributed by atoms with van der Waals surface area (Å²) < 4.78 is 5.76. The molecule has 0 radical (unpaired) electrons. The first-order valence-electron chi connectivity index (χ1n) is 5.27. The van der Waals surface area contributed by atoms with Gasteiger partial charge in [0.05, 0.1) is 5.56 Å². The third kappa shape index (κ3) is 2.46. The minimum atomic E-state index is 0.125. The number of aldehydes is 1. The van der Waals surface area contributed by atoms with Crippen LogP contribution < -0.4 is 4.74 Å². The fraction of sp³-hybridized carbons (Fsp3) is 0.308. The lowest BCUT2D eigenvalue weighted by Gasteiger charge is -2.19. The molecule has 15 heavy (non-hydrogen) atoms. The largest absolute Gasteiger partial charge is 0.486 e. The number of ether oxygens (including phenoxy) is 1. The van der Waals surface area contributed by atoms with E-state index < -0.39 is 0 Å². The van der Waals surface area contributed by atoms with E-state index in [0.717, 1.165) is 25.5 Å². The minimum absolute atomic E-state index is 0.125.